The van der Waals surface area contributed by atoms with Crippen LogP contribution in [0.25, 0.3) is 117 Å². The average molecular weight is 773 g/mol. The molecule has 0 unspecified atom stereocenters. The molecule has 12 aromatic rings. The minimum Gasteiger partial charge on any atom is -0.455 e. The Morgan fingerprint density at radius 1 is 0.400 bits per heavy atom. The van der Waals surface area contributed by atoms with E-state index < -0.39 is 0 Å². The Labute approximate surface area is 353 Å². The maximum Gasteiger partial charge on any atom is 0.166 e. The first kappa shape index (κ1) is 28.3. The van der Waals surface area contributed by atoms with E-state index in [0.29, 0.717) is 34.3 Å². The third kappa shape index (κ3) is 5.59. The molecule has 3 heterocycles. The van der Waals surface area contributed by atoms with Crippen LogP contribution in [0.15, 0.2) is 211 Å². The summed E-state index contributed by atoms with van der Waals surface area (Å²) in [5, 5.41) is 4.55. The molecule has 5 heteroatoms. The maximum atomic E-state index is 9.34. The molecule has 0 atom stereocenters. The third-order valence-corrected chi connectivity index (χ3v) is 11.2. The Morgan fingerprint density at radius 3 is 1.80 bits per heavy atom. The fraction of sp³-hybridized carbons (Fsp3) is 0. The standard InChI is InChI=1S/C55H34N4O/c1-2-14-37(15-3-1)53-56-54(38-28-25-36(26-29-38)40-30-27-35-13-4-5-16-39(35)33-40)58-55(57-53)47-32-31-41(42-20-12-21-46-45-19-8-11-24-51(45)60-52(42)46)34-50(47)59-48-22-9-6-17-43(48)44-18-7-10-23-49(44)59/h1-34H/i6D,7D,17D,18D,22D,23D. The van der Waals surface area contributed by atoms with E-state index in [1.165, 1.54) is 17.5 Å². The second-order valence-electron chi connectivity index (χ2n) is 14.7. The van der Waals surface area contributed by atoms with Crippen LogP contribution in [0.2, 0.25) is 0 Å². The molecule has 0 aliphatic carbocycles. The van der Waals surface area contributed by atoms with Crippen molar-refractivity contribution in [2.24, 2.45) is 0 Å². The number of furan rings is 1. The summed E-state index contributed by atoms with van der Waals surface area (Å²) in [4.78, 5) is 15.3. The predicted octanol–water partition coefficient (Wildman–Crippen LogP) is 14.4. The third-order valence-electron chi connectivity index (χ3n) is 11.2. The van der Waals surface area contributed by atoms with Gasteiger partial charge in [-0.25, -0.2) is 15.0 Å². The van der Waals surface area contributed by atoms with Gasteiger partial charge in [-0.2, -0.15) is 0 Å². The van der Waals surface area contributed by atoms with Gasteiger partial charge in [-0.1, -0.05) is 170 Å². The summed E-state index contributed by atoms with van der Waals surface area (Å²) in [5.74, 6) is 1.16. The van der Waals surface area contributed by atoms with Crippen LogP contribution in [0, 0.1) is 0 Å². The molecule has 0 spiro atoms. The predicted molar refractivity (Wildman–Crippen MR) is 246 cm³/mol. The molecule has 12 rings (SSSR count). The molecular weight excluding hydrogens is 733 g/mol. The fourth-order valence-electron chi connectivity index (χ4n) is 8.33. The zero-order chi connectivity index (χ0) is 44.8. The second-order valence-corrected chi connectivity index (χ2v) is 14.7. The van der Waals surface area contributed by atoms with Gasteiger partial charge in [0.2, 0.25) is 0 Å². The Balaban J connectivity index is 1.13. The Morgan fingerprint density at radius 2 is 1.02 bits per heavy atom. The fourth-order valence-corrected chi connectivity index (χ4v) is 8.33. The number of benzene rings is 9. The van der Waals surface area contributed by atoms with Gasteiger partial charge in [-0.15, -0.1) is 0 Å². The van der Waals surface area contributed by atoms with E-state index in [2.05, 4.69) is 42.5 Å². The number of hydrogen-bond acceptors (Lipinski definition) is 4. The van der Waals surface area contributed by atoms with E-state index in [0.717, 1.165) is 55.1 Å². The van der Waals surface area contributed by atoms with Crippen molar-refractivity contribution in [2.75, 3.05) is 0 Å². The van der Waals surface area contributed by atoms with Crippen LogP contribution >= 0.6 is 0 Å². The summed E-state index contributed by atoms with van der Waals surface area (Å²) in [5.41, 5.74) is 8.05. The highest BCUT2D eigenvalue weighted by molar-refractivity contribution is 6.11. The molecule has 60 heavy (non-hydrogen) atoms. The van der Waals surface area contributed by atoms with Crippen molar-refractivity contribution in [3.63, 3.8) is 0 Å². The van der Waals surface area contributed by atoms with Gasteiger partial charge in [0.05, 0.1) is 24.9 Å². The monoisotopic (exact) mass is 772 g/mol. The summed E-state index contributed by atoms with van der Waals surface area (Å²) in [6.07, 6.45) is 0. The van der Waals surface area contributed by atoms with Gasteiger partial charge in [0.25, 0.3) is 0 Å². The van der Waals surface area contributed by atoms with Crippen molar-refractivity contribution in [3.05, 3.63) is 206 Å². The van der Waals surface area contributed by atoms with Crippen molar-refractivity contribution >= 4 is 54.5 Å². The van der Waals surface area contributed by atoms with E-state index in [-0.39, 0.29) is 58.1 Å². The first-order valence-electron chi connectivity index (χ1n) is 22.7. The average Bonchev–Trinajstić information content (AvgIpc) is 3.93. The highest BCUT2D eigenvalue weighted by Gasteiger charge is 2.21. The first-order chi connectivity index (χ1) is 32.2. The number of para-hydroxylation sites is 4. The van der Waals surface area contributed by atoms with Crippen LogP contribution < -0.4 is 0 Å². The van der Waals surface area contributed by atoms with Crippen molar-refractivity contribution in [1.29, 1.82) is 0 Å². The van der Waals surface area contributed by atoms with Crippen molar-refractivity contribution < 1.29 is 12.6 Å². The summed E-state index contributed by atoms with van der Waals surface area (Å²) in [7, 11) is 0. The molecule has 0 aliphatic rings. The number of hydrogen-bond donors (Lipinski definition) is 0. The lowest BCUT2D eigenvalue weighted by Crippen LogP contribution is -2.04. The highest BCUT2D eigenvalue weighted by Crippen LogP contribution is 2.41. The van der Waals surface area contributed by atoms with Crippen LogP contribution in [-0.2, 0) is 0 Å². The van der Waals surface area contributed by atoms with Gasteiger partial charge in [0, 0.05) is 43.8 Å². The molecule has 0 saturated heterocycles. The SMILES string of the molecule is [2H]c1cc([2H])c2c(c1[2H])c1c([2H])c([2H])cc([2H])c1n2-c1cc(-c2cccc3c2oc2ccccc23)ccc1-c1nc(-c2ccccc2)nc(-c2ccc(-c3ccc4ccccc4c3)cc2)n1. The molecule has 0 amide bonds. The lowest BCUT2D eigenvalue weighted by atomic mass is 9.99. The number of nitrogens with zero attached hydrogens (tertiary/aromatic N) is 4. The molecule has 0 bridgehead atoms. The maximum absolute atomic E-state index is 9.34. The normalized spacial score (nSPS) is 13.1. The van der Waals surface area contributed by atoms with E-state index in [9.17, 15) is 2.74 Å². The molecule has 0 aliphatic heterocycles. The molecule has 9 aromatic carbocycles. The van der Waals surface area contributed by atoms with Crippen LogP contribution in [0.5, 0.6) is 0 Å². The molecular formula is C55H34N4O. The minimum atomic E-state index is -0.200. The topological polar surface area (TPSA) is 56.7 Å². The second kappa shape index (κ2) is 13.8. The van der Waals surface area contributed by atoms with Gasteiger partial charge in [0.15, 0.2) is 17.5 Å². The van der Waals surface area contributed by atoms with E-state index in [1.807, 2.05) is 115 Å². The largest absolute Gasteiger partial charge is 0.455 e. The van der Waals surface area contributed by atoms with Gasteiger partial charge in [0.1, 0.15) is 11.2 Å². The zero-order valence-electron chi connectivity index (χ0n) is 37.9. The first-order valence-corrected chi connectivity index (χ1v) is 19.7. The molecule has 0 N–H and O–H groups in total. The number of aromatic nitrogens is 4. The molecule has 0 radical (unpaired) electrons. The Bertz CT molecular complexity index is 3890. The number of fused-ring (bicyclic) bond motifs is 7. The van der Waals surface area contributed by atoms with E-state index in [1.54, 1.807) is 4.57 Å². The van der Waals surface area contributed by atoms with Crippen molar-refractivity contribution in [3.8, 4) is 62.1 Å². The van der Waals surface area contributed by atoms with E-state index >= 15 is 0 Å². The summed E-state index contributed by atoms with van der Waals surface area (Å²) >= 11 is 0. The van der Waals surface area contributed by atoms with Crippen molar-refractivity contribution in [1.82, 2.24) is 19.5 Å². The Hall–Kier alpha value is -8.15. The molecule has 0 saturated carbocycles. The molecule has 0 fully saturated rings. The summed E-state index contributed by atoms with van der Waals surface area (Å²) in [6, 6.07) is 53.9. The van der Waals surface area contributed by atoms with Gasteiger partial charge < -0.3 is 8.98 Å². The zero-order valence-corrected chi connectivity index (χ0v) is 31.9. The van der Waals surface area contributed by atoms with Crippen LogP contribution in [0.4, 0.5) is 0 Å². The van der Waals surface area contributed by atoms with Crippen LogP contribution in [0.3, 0.4) is 0 Å². The van der Waals surface area contributed by atoms with Crippen LogP contribution in [-0.4, -0.2) is 19.5 Å². The lowest BCUT2D eigenvalue weighted by molar-refractivity contribution is 0.670. The van der Waals surface area contributed by atoms with Gasteiger partial charge in [-0.05, 0) is 63.8 Å². The van der Waals surface area contributed by atoms with Gasteiger partial charge >= 0.3 is 0 Å². The molecule has 280 valence electrons. The summed E-state index contributed by atoms with van der Waals surface area (Å²) < 4.78 is 62.5. The minimum absolute atomic E-state index is 0.0731. The Kier molecular flexibility index (Phi) is 6.48. The van der Waals surface area contributed by atoms with Crippen molar-refractivity contribution in [2.45, 2.75) is 0 Å². The van der Waals surface area contributed by atoms with E-state index in [4.69, 9.17) is 24.9 Å². The van der Waals surface area contributed by atoms with Crippen LogP contribution in [0.1, 0.15) is 8.22 Å². The van der Waals surface area contributed by atoms with Gasteiger partial charge in [-0.3, -0.25) is 0 Å². The molecule has 5 nitrogen and oxygen atoms in total. The lowest BCUT2D eigenvalue weighted by Gasteiger charge is -2.16. The summed E-state index contributed by atoms with van der Waals surface area (Å²) in [6.45, 7) is 0. The molecule has 3 aromatic heterocycles. The smallest absolute Gasteiger partial charge is 0.166 e. The quantitative estimate of drug-likeness (QED) is 0.169. The highest BCUT2D eigenvalue weighted by atomic mass is 16.3. The number of rotatable bonds is 6.